The van der Waals surface area contributed by atoms with Crippen LogP contribution in [0.15, 0.2) is 102 Å². The van der Waals surface area contributed by atoms with Crippen molar-refractivity contribution >= 4 is 34.0 Å². The van der Waals surface area contributed by atoms with Gasteiger partial charge < -0.3 is 14.0 Å². The Labute approximate surface area is 195 Å². The summed E-state index contributed by atoms with van der Waals surface area (Å²) in [6, 6.07) is 29.5. The standard InChI is InChI=1S/C26H23O5PS/c1-30-21-14-10-15-22(31-2)26(21)20-13-6-7-16-23(20)32(19-11-4-3-5-12-19)24-17-8-9-18-25(24)33(27,28)29/h3-18H,1-2H3,(H,27,28,29). The molecular weight excluding hydrogens is 455 g/mol. The van der Waals surface area contributed by atoms with Crippen LogP contribution in [-0.2, 0) is 10.1 Å². The SMILES string of the molecule is COc1cccc(OC)c1-c1ccccc1[PH+](c1ccccc1)c1ccccc1S(=O)(=O)[O-]. The molecule has 4 rings (SSSR count). The molecule has 0 heterocycles. The molecule has 0 fully saturated rings. The first-order valence-electron chi connectivity index (χ1n) is 10.2. The molecule has 7 heteroatoms. The van der Waals surface area contributed by atoms with Gasteiger partial charge in [0.2, 0.25) is 0 Å². The van der Waals surface area contributed by atoms with Gasteiger partial charge in [-0.3, -0.25) is 0 Å². The van der Waals surface area contributed by atoms with E-state index in [1.807, 2.05) is 72.8 Å². The number of hydrogen-bond acceptors (Lipinski definition) is 5. The quantitative estimate of drug-likeness (QED) is 0.299. The molecule has 0 N–H and O–H groups in total. The lowest BCUT2D eigenvalue weighted by atomic mass is 10.0. The Morgan fingerprint density at radius 2 is 1.21 bits per heavy atom. The van der Waals surface area contributed by atoms with Crippen molar-refractivity contribution in [1.82, 2.24) is 0 Å². The minimum absolute atomic E-state index is 0.190. The second-order valence-electron chi connectivity index (χ2n) is 7.27. The zero-order valence-electron chi connectivity index (χ0n) is 18.2. The van der Waals surface area contributed by atoms with Gasteiger partial charge >= 0.3 is 0 Å². The van der Waals surface area contributed by atoms with E-state index in [2.05, 4.69) is 0 Å². The first-order chi connectivity index (χ1) is 16.0. The van der Waals surface area contributed by atoms with Crippen LogP contribution < -0.4 is 25.4 Å². The summed E-state index contributed by atoms with van der Waals surface area (Å²) in [5.41, 5.74) is 1.64. The van der Waals surface area contributed by atoms with Crippen LogP contribution in [-0.4, -0.2) is 27.2 Å². The maximum absolute atomic E-state index is 12.2. The van der Waals surface area contributed by atoms with E-state index in [1.165, 1.54) is 6.07 Å². The van der Waals surface area contributed by atoms with Gasteiger partial charge in [0.1, 0.15) is 45.5 Å². The van der Waals surface area contributed by atoms with E-state index in [9.17, 15) is 13.0 Å². The third kappa shape index (κ3) is 4.64. The van der Waals surface area contributed by atoms with Crippen molar-refractivity contribution in [3.63, 3.8) is 0 Å². The first kappa shape index (κ1) is 23.0. The van der Waals surface area contributed by atoms with Gasteiger partial charge in [0, 0.05) is 5.56 Å². The first-order valence-corrected chi connectivity index (χ1v) is 13.1. The van der Waals surface area contributed by atoms with Crippen molar-refractivity contribution in [2.75, 3.05) is 14.2 Å². The van der Waals surface area contributed by atoms with Gasteiger partial charge in [-0.25, -0.2) is 8.42 Å². The number of hydrogen-bond donors (Lipinski definition) is 0. The largest absolute Gasteiger partial charge is 0.744 e. The lowest BCUT2D eigenvalue weighted by molar-refractivity contribution is 0.397. The van der Waals surface area contributed by atoms with E-state index in [1.54, 1.807) is 32.4 Å². The summed E-state index contributed by atoms with van der Waals surface area (Å²) in [5.74, 6) is 1.28. The summed E-state index contributed by atoms with van der Waals surface area (Å²) in [5, 5.41) is 2.40. The number of rotatable bonds is 7. The molecule has 0 amide bonds. The summed E-state index contributed by atoms with van der Waals surface area (Å²) >= 11 is 0. The normalized spacial score (nSPS) is 12.2. The Hall–Kier alpha value is -3.18. The van der Waals surface area contributed by atoms with E-state index in [4.69, 9.17) is 9.47 Å². The molecule has 0 aromatic heterocycles. The fourth-order valence-corrected chi connectivity index (χ4v) is 8.02. The van der Waals surface area contributed by atoms with E-state index in [0.29, 0.717) is 16.8 Å². The molecule has 168 valence electrons. The molecule has 4 aromatic carbocycles. The Bertz CT molecular complexity index is 1350. The third-order valence-corrected chi connectivity index (χ3v) is 9.32. The average Bonchev–Trinajstić information content (AvgIpc) is 2.84. The highest BCUT2D eigenvalue weighted by molar-refractivity contribution is 7.88. The van der Waals surface area contributed by atoms with E-state index in [0.717, 1.165) is 21.7 Å². The molecule has 0 aliphatic carbocycles. The van der Waals surface area contributed by atoms with Crippen LogP contribution in [0.3, 0.4) is 0 Å². The Morgan fingerprint density at radius 3 is 1.82 bits per heavy atom. The number of benzene rings is 4. The van der Waals surface area contributed by atoms with Crippen molar-refractivity contribution in [2.24, 2.45) is 0 Å². The molecule has 1 unspecified atom stereocenters. The Morgan fingerprint density at radius 1 is 0.667 bits per heavy atom. The molecule has 4 aromatic rings. The Balaban J connectivity index is 2.07. The summed E-state index contributed by atoms with van der Waals surface area (Å²) in [6.45, 7) is 0. The highest BCUT2D eigenvalue weighted by Crippen LogP contribution is 2.44. The molecule has 33 heavy (non-hydrogen) atoms. The summed E-state index contributed by atoms with van der Waals surface area (Å²) in [6.07, 6.45) is 0. The monoisotopic (exact) mass is 478 g/mol. The molecule has 0 spiro atoms. The lowest BCUT2D eigenvalue weighted by Gasteiger charge is -2.20. The van der Waals surface area contributed by atoms with Crippen molar-refractivity contribution in [3.8, 4) is 22.6 Å². The minimum Gasteiger partial charge on any atom is -0.744 e. The number of ether oxygens (including phenoxy) is 2. The molecule has 5 nitrogen and oxygen atoms in total. The fraction of sp³-hybridized carbons (Fsp3) is 0.0769. The average molecular weight is 479 g/mol. The van der Waals surface area contributed by atoms with Gasteiger partial charge in [-0.1, -0.05) is 54.6 Å². The van der Waals surface area contributed by atoms with Gasteiger partial charge in [-0.15, -0.1) is 0 Å². The summed E-state index contributed by atoms with van der Waals surface area (Å²) in [4.78, 5) is -0.190. The van der Waals surface area contributed by atoms with E-state index in [-0.39, 0.29) is 4.90 Å². The maximum Gasteiger partial charge on any atom is 0.130 e. The summed E-state index contributed by atoms with van der Waals surface area (Å²) in [7, 11) is -3.38. The van der Waals surface area contributed by atoms with Crippen LogP contribution in [0.4, 0.5) is 0 Å². The maximum atomic E-state index is 12.2. The molecule has 0 bridgehead atoms. The predicted molar refractivity (Wildman–Crippen MR) is 133 cm³/mol. The van der Waals surface area contributed by atoms with Crippen molar-refractivity contribution in [3.05, 3.63) is 97.1 Å². The highest BCUT2D eigenvalue weighted by Gasteiger charge is 2.33. The van der Waals surface area contributed by atoms with Gasteiger partial charge in [-0.2, -0.15) is 0 Å². The van der Waals surface area contributed by atoms with Crippen LogP contribution in [0.5, 0.6) is 11.5 Å². The van der Waals surface area contributed by atoms with Crippen LogP contribution in [0.25, 0.3) is 11.1 Å². The fourth-order valence-electron chi connectivity index (χ4n) is 3.99. The topological polar surface area (TPSA) is 75.7 Å². The summed E-state index contributed by atoms with van der Waals surface area (Å²) < 4.78 is 47.9. The zero-order chi connectivity index (χ0) is 23.4. The van der Waals surface area contributed by atoms with Gasteiger partial charge in [0.05, 0.1) is 24.7 Å². The molecule has 1 atom stereocenters. The van der Waals surface area contributed by atoms with Gasteiger partial charge in [0.25, 0.3) is 0 Å². The molecule has 0 aliphatic heterocycles. The Kier molecular flexibility index (Phi) is 6.80. The van der Waals surface area contributed by atoms with Crippen LogP contribution in [0, 0.1) is 0 Å². The predicted octanol–water partition coefficient (Wildman–Crippen LogP) is 3.77. The van der Waals surface area contributed by atoms with Crippen molar-refractivity contribution in [2.45, 2.75) is 4.90 Å². The van der Waals surface area contributed by atoms with E-state index >= 15 is 0 Å². The second kappa shape index (κ2) is 9.75. The minimum atomic E-state index is -4.67. The van der Waals surface area contributed by atoms with Crippen molar-refractivity contribution < 1.29 is 22.4 Å². The molecule has 0 saturated heterocycles. The molecule has 0 saturated carbocycles. The third-order valence-electron chi connectivity index (χ3n) is 5.38. The highest BCUT2D eigenvalue weighted by atomic mass is 32.2. The van der Waals surface area contributed by atoms with Gasteiger partial charge in [0.15, 0.2) is 0 Å². The lowest BCUT2D eigenvalue weighted by Crippen LogP contribution is -2.26. The second-order valence-corrected chi connectivity index (χ2v) is 11.0. The van der Waals surface area contributed by atoms with E-state index < -0.39 is 18.0 Å². The molecule has 0 aliphatic rings. The number of methoxy groups -OCH3 is 2. The van der Waals surface area contributed by atoms with Crippen LogP contribution >= 0.6 is 7.92 Å². The van der Waals surface area contributed by atoms with Crippen LogP contribution in [0.1, 0.15) is 0 Å². The van der Waals surface area contributed by atoms with Crippen molar-refractivity contribution in [1.29, 1.82) is 0 Å². The zero-order valence-corrected chi connectivity index (χ0v) is 20.0. The smallest absolute Gasteiger partial charge is 0.130 e. The van der Waals surface area contributed by atoms with Crippen LogP contribution in [0.2, 0.25) is 0 Å². The molecular formula is C26H23O5PS. The molecule has 0 radical (unpaired) electrons. The van der Waals surface area contributed by atoms with Gasteiger partial charge in [-0.05, 0) is 42.5 Å².